The summed E-state index contributed by atoms with van der Waals surface area (Å²) in [5.41, 5.74) is 2.28. The second kappa shape index (κ2) is 17.8. The summed E-state index contributed by atoms with van der Waals surface area (Å²) in [4.78, 5) is 24.9. The van der Waals surface area contributed by atoms with Gasteiger partial charge in [0.1, 0.15) is 49.4 Å². The zero-order valence-electron chi connectivity index (χ0n) is 30.4. The Morgan fingerprint density at radius 2 is 0.889 bits per heavy atom. The summed E-state index contributed by atoms with van der Waals surface area (Å²) in [5, 5.41) is 4.30. The third-order valence-electron chi connectivity index (χ3n) is 8.47. The summed E-state index contributed by atoms with van der Waals surface area (Å²) < 4.78 is 35.7. The van der Waals surface area contributed by atoms with Crippen LogP contribution in [-0.4, -0.2) is 50.6 Å². The van der Waals surface area contributed by atoms with Crippen LogP contribution in [-0.2, 0) is 19.1 Å². The van der Waals surface area contributed by atoms with Crippen molar-refractivity contribution >= 4 is 33.5 Å². The van der Waals surface area contributed by atoms with Crippen molar-refractivity contribution in [2.24, 2.45) is 0 Å². The van der Waals surface area contributed by atoms with E-state index in [1.54, 1.807) is 13.8 Å². The Morgan fingerprint density at radius 1 is 0.481 bits per heavy atom. The Hall–Kier alpha value is -6.54. The van der Waals surface area contributed by atoms with Crippen LogP contribution in [0.1, 0.15) is 13.8 Å². The smallest absolute Gasteiger partial charge is 0.333 e. The molecule has 0 aliphatic heterocycles. The molecule has 0 saturated heterocycles. The molecule has 0 saturated carbocycles. The van der Waals surface area contributed by atoms with Crippen LogP contribution in [0.25, 0.3) is 32.7 Å². The third-order valence-corrected chi connectivity index (χ3v) is 8.47. The van der Waals surface area contributed by atoms with Crippen molar-refractivity contribution < 1.29 is 38.0 Å². The number of ether oxygens (including phenoxy) is 6. The van der Waals surface area contributed by atoms with E-state index in [2.05, 4.69) is 13.2 Å². The lowest BCUT2D eigenvalue weighted by Gasteiger charge is -2.21. The predicted molar refractivity (Wildman–Crippen MR) is 211 cm³/mol. The summed E-state index contributed by atoms with van der Waals surface area (Å²) in [7, 11) is 0. The normalized spacial score (nSPS) is 12.0. The van der Waals surface area contributed by atoms with Crippen LogP contribution in [0, 0.1) is 0 Å². The molecular formula is C46H42O8. The first-order valence-electron chi connectivity index (χ1n) is 17.6. The minimum atomic E-state index is -0.707. The van der Waals surface area contributed by atoms with Gasteiger partial charge in [-0.1, -0.05) is 104 Å². The van der Waals surface area contributed by atoms with Crippen molar-refractivity contribution in [1.82, 2.24) is 0 Å². The minimum absolute atomic E-state index is 0.0520. The summed E-state index contributed by atoms with van der Waals surface area (Å²) in [6.07, 6.45) is -1.40. The van der Waals surface area contributed by atoms with Crippen LogP contribution in [0.15, 0.2) is 158 Å². The van der Waals surface area contributed by atoms with Gasteiger partial charge in [0.25, 0.3) is 0 Å². The number of carbonyl (C=O) groups is 2. The van der Waals surface area contributed by atoms with Gasteiger partial charge >= 0.3 is 11.9 Å². The van der Waals surface area contributed by atoms with Crippen molar-refractivity contribution in [1.29, 1.82) is 0 Å². The van der Waals surface area contributed by atoms with Gasteiger partial charge in [0.05, 0.1) is 0 Å². The molecule has 0 heterocycles. The molecule has 0 aliphatic rings. The summed E-state index contributed by atoms with van der Waals surface area (Å²) >= 11 is 0. The highest BCUT2D eigenvalue weighted by atomic mass is 16.6. The second-order valence-corrected chi connectivity index (χ2v) is 12.9. The van der Waals surface area contributed by atoms with Crippen LogP contribution in [0.4, 0.5) is 0 Å². The van der Waals surface area contributed by atoms with Gasteiger partial charge in [0.15, 0.2) is 12.2 Å². The fourth-order valence-electron chi connectivity index (χ4n) is 5.56. The summed E-state index contributed by atoms with van der Waals surface area (Å²) in [6, 6.07) is 42.8. The SMILES string of the molecule is C=C(C)C(=O)OC(COc1ccc(-c2ccccc2OCC(COc2ccc3ccccc3c2)OC(=O)C(=C)C)cc1)COc1ccc2ccccc2c1. The maximum absolute atomic E-state index is 12.5. The van der Waals surface area contributed by atoms with Gasteiger partial charge in [-0.25, -0.2) is 9.59 Å². The largest absolute Gasteiger partial charge is 0.490 e. The van der Waals surface area contributed by atoms with Crippen LogP contribution < -0.4 is 18.9 Å². The molecule has 6 aromatic rings. The van der Waals surface area contributed by atoms with Gasteiger partial charge in [-0.3, -0.25) is 0 Å². The number of para-hydroxylation sites is 1. The van der Waals surface area contributed by atoms with Crippen molar-refractivity contribution in [2.45, 2.75) is 26.1 Å². The molecule has 2 unspecified atom stereocenters. The minimum Gasteiger partial charge on any atom is -0.490 e. The van der Waals surface area contributed by atoms with E-state index in [4.69, 9.17) is 28.4 Å². The first-order chi connectivity index (χ1) is 26.2. The van der Waals surface area contributed by atoms with E-state index in [-0.39, 0.29) is 37.6 Å². The standard InChI is InChI=1S/C46H42O8/c1-31(2)45(47)53-41(28-50-39-23-17-33-11-5-7-13-36(33)25-39)27-49-38-21-19-35(20-22-38)43-15-9-10-16-44(43)52-30-42(54-46(48)32(3)4)29-51-40-24-18-34-12-6-8-14-37(34)26-40/h5-26,41-42H,1,3,27-30H2,2,4H3. The summed E-state index contributed by atoms with van der Waals surface area (Å²) in [5.74, 6) is 1.46. The van der Waals surface area contributed by atoms with E-state index >= 15 is 0 Å². The van der Waals surface area contributed by atoms with Crippen LogP contribution in [0.5, 0.6) is 23.0 Å². The lowest BCUT2D eigenvalue weighted by molar-refractivity contribution is -0.148. The monoisotopic (exact) mass is 722 g/mol. The van der Waals surface area contributed by atoms with Gasteiger partial charge in [-0.15, -0.1) is 0 Å². The molecule has 0 amide bonds. The Bertz CT molecular complexity index is 2260. The number of carbonyl (C=O) groups excluding carboxylic acids is 2. The highest BCUT2D eigenvalue weighted by molar-refractivity contribution is 5.88. The van der Waals surface area contributed by atoms with Crippen molar-refractivity contribution in [3.63, 3.8) is 0 Å². The molecule has 8 nitrogen and oxygen atoms in total. The zero-order valence-corrected chi connectivity index (χ0v) is 30.4. The molecule has 54 heavy (non-hydrogen) atoms. The molecule has 8 heteroatoms. The van der Waals surface area contributed by atoms with Gasteiger partial charge in [-0.2, -0.15) is 0 Å². The molecule has 6 rings (SSSR count). The number of hydrogen-bond donors (Lipinski definition) is 0. The number of rotatable bonds is 17. The van der Waals surface area contributed by atoms with Crippen LogP contribution in [0.3, 0.4) is 0 Å². The average molecular weight is 723 g/mol. The molecule has 274 valence electrons. The van der Waals surface area contributed by atoms with Crippen molar-refractivity contribution in [3.05, 3.63) is 158 Å². The quantitative estimate of drug-likeness (QED) is 0.0680. The lowest BCUT2D eigenvalue weighted by Crippen LogP contribution is -2.31. The Morgan fingerprint density at radius 3 is 1.39 bits per heavy atom. The molecule has 0 bridgehead atoms. The van der Waals surface area contributed by atoms with E-state index in [0.29, 0.717) is 23.0 Å². The molecule has 2 atom stereocenters. The Labute approximate surface area is 315 Å². The number of benzene rings is 6. The first kappa shape index (κ1) is 37.2. The number of esters is 2. The Kier molecular flexibility index (Phi) is 12.3. The first-order valence-corrected chi connectivity index (χ1v) is 17.6. The molecule has 0 aliphatic carbocycles. The van der Waals surface area contributed by atoms with Crippen LogP contribution >= 0.6 is 0 Å². The fourth-order valence-corrected chi connectivity index (χ4v) is 5.56. The van der Waals surface area contributed by atoms with E-state index in [1.165, 1.54) is 0 Å². The number of fused-ring (bicyclic) bond motifs is 2. The predicted octanol–water partition coefficient (Wildman–Crippen LogP) is 9.55. The van der Waals surface area contributed by atoms with Crippen LogP contribution in [0.2, 0.25) is 0 Å². The zero-order chi connectivity index (χ0) is 37.9. The van der Waals surface area contributed by atoms with Gasteiger partial charge < -0.3 is 28.4 Å². The number of hydrogen-bond acceptors (Lipinski definition) is 8. The molecule has 0 radical (unpaired) electrons. The molecule has 0 N–H and O–H groups in total. The third kappa shape index (κ3) is 10.1. The van der Waals surface area contributed by atoms with Gasteiger partial charge in [0, 0.05) is 16.7 Å². The van der Waals surface area contributed by atoms with Gasteiger partial charge in [-0.05, 0) is 83.4 Å². The molecule has 0 spiro atoms. The van der Waals surface area contributed by atoms with E-state index in [9.17, 15) is 9.59 Å². The molecule has 0 fully saturated rings. The highest BCUT2D eigenvalue weighted by Crippen LogP contribution is 2.32. The van der Waals surface area contributed by atoms with E-state index < -0.39 is 24.1 Å². The second-order valence-electron chi connectivity index (χ2n) is 12.9. The molecule has 6 aromatic carbocycles. The topological polar surface area (TPSA) is 89.5 Å². The van der Waals surface area contributed by atoms with Crippen molar-refractivity contribution in [3.8, 4) is 34.1 Å². The maximum Gasteiger partial charge on any atom is 0.333 e. The van der Waals surface area contributed by atoms with E-state index in [1.807, 2.05) is 133 Å². The van der Waals surface area contributed by atoms with Crippen molar-refractivity contribution in [2.75, 3.05) is 26.4 Å². The maximum atomic E-state index is 12.5. The highest BCUT2D eigenvalue weighted by Gasteiger charge is 2.20. The lowest BCUT2D eigenvalue weighted by atomic mass is 10.0. The molecular weight excluding hydrogens is 680 g/mol. The fraction of sp³-hybridized carbons (Fsp3) is 0.174. The average Bonchev–Trinajstić information content (AvgIpc) is 3.19. The summed E-state index contributed by atoms with van der Waals surface area (Å²) in [6.45, 7) is 10.9. The molecule has 0 aromatic heterocycles. The Balaban J connectivity index is 1.09. The van der Waals surface area contributed by atoms with E-state index in [0.717, 1.165) is 32.7 Å². The van der Waals surface area contributed by atoms with Gasteiger partial charge in [0.2, 0.25) is 0 Å².